The van der Waals surface area contributed by atoms with Crippen molar-refractivity contribution >= 4 is 29.2 Å². The maximum atomic E-state index is 8.77. The molecule has 0 unspecified atom stereocenters. The average molecular weight is 336 g/mol. The minimum Gasteiger partial charge on any atom is -0.297 e. The van der Waals surface area contributed by atoms with Gasteiger partial charge >= 0.3 is 0 Å². The van der Waals surface area contributed by atoms with Gasteiger partial charge in [-0.25, -0.2) is 0 Å². The summed E-state index contributed by atoms with van der Waals surface area (Å²) in [5, 5.41) is 15.2. The predicted molar refractivity (Wildman–Crippen MR) is 103 cm³/mol. The molecule has 0 aliphatic rings. The summed E-state index contributed by atoms with van der Waals surface area (Å²) in [6.07, 6.45) is 0.421. The average Bonchev–Trinajstić information content (AvgIpc) is 2.62. The highest BCUT2D eigenvalue weighted by molar-refractivity contribution is 7.79. The number of hydrogen-bond donors (Lipinski definition) is 0. The van der Waals surface area contributed by atoms with Crippen LogP contribution in [0.15, 0.2) is 59.7 Å². The van der Waals surface area contributed by atoms with Crippen molar-refractivity contribution in [3.8, 4) is 6.07 Å². The summed E-state index contributed by atoms with van der Waals surface area (Å²) in [4.78, 5) is 1.88. The molecule has 4 nitrogen and oxygen atoms in total. The Morgan fingerprint density at radius 1 is 1.17 bits per heavy atom. The van der Waals surface area contributed by atoms with Crippen LogP contribution >= 0.6 is 12.2 Å². The molecule has 2 aromatic rings. The SMILES string of the molecule is Cc1ccc(N(C=S)/C(=N\N(C)CCC#N)c2ccccc2)cc1. The molecule has 122 valence electrons. The maximum absolute atomic E-state index is 8.77. The van der Waals surface area contributed by atoms with Crippen molar-refractivity contribution in [3.63, 3.8) is 0 Å². The number of rotatable bonds is 6. The molecule has 0 heterocycles. The topological polar surface area (TPSA) is 42.6 Å². The molecule has 5 heteroatoms. The number of thiocarbonyl (C=S) groups is 1. The number of aryl methyl sites for hydroxylation is 1. The molecule has 0 aliphatic heterocycles. The van der Waals surface area contributed by atoms with Gasteiger partial charge in [-0.05, 0) is 19.1 Å². The van der Waals surface area contributed by atoms with E-state index in [1.54, 1.807) is 10.5 Å². The fourth-order valence-corrected chi connectivity index (χ4v) is 2.42. The molecule has 2 rings (SSSR count). The molecule has 0 fully saturated rings. The summed E-state index contributed by atoms with van der Waals surface area (Å²) in [7, 11) is 1.86. The lowest BCUT2D eigenvalue weighted by Crippen LogP contribution is -2.32. The van der Waals surface area contributed by atoms with Gasteiger partial charge < -0.3 is 0 Å². The highest BCUT2D eigenvalue weighted by atomic mass is 32.1. The van der Waals surface area contributed by atoms with Gasteiger partial charge in [0.05, 0.1) is 18.0 Å². The minimum absolute atomic E-state index is 0.421. The maximum Gasteiger partial charge on any atom is 0.165 e. The van der Waals surface area contributed by atoms with E-state index in [1.807, 2.05) is 73.5 Å². The van der Waals surface area contributed by atoms with E-state index in [0.717, 1.165) is 17.1 Å². The number of hydrogen-bond acceptors (Lipinski definition) is 4. The van der Waals surface area contributed by atoms with Gasteiger partial charge in [-0.1, -0.05) is 60.2 Å². The van der Waals surface area contributed by atoms with Gasteiger partial charge in [-0.15, -0.1) is 0 Å². The Morgan fingerprint density at radius 3 is 2.42 bits per heavy atom. The molecular weight excluding hydrogens is 316 g/mol. The van der Waals surface area contributed by atoms with Crippen molar-refractivity contribution < 1.29 is 0 Å². The largest absolute Gasteiger partial charge is 0.297 e. The van der Waals surface area contributed by atoms with Gasteiger partial charge in [0, 0.05) is 24.8 Å². The Kier molecular flexibility index (Phi) is 6.47. The van der Waals surface area contributed by atoms with Crippen molar-refractivity contribution in [2.45, 2.75) is 13.3 Å². The van der Waals surface area contributed by atoms with Crippen LogP contribution in [-0.2, 0) is 0 Å². The number of anilines is 1. The summed E-state index contributed by atoms with van der Waals surface area (Å²) in [6, 6.07) is 20.2. The fraction of sp³-hybridized carbons (Fsp3) is 0.211. The van der Waals surface area contributed by atoms with E-state index in [1.165, 1.54) is 5.56 Å². The number of benzene rings is 2. The van der Waals surface area contributed by atoms with E-state index < -0.39 is 0 Å². The van der Waals surface area contributed by atoms with Crippen molar-refractivity contribution in [2.24, 2.45) is 5.10 Å². The number of nitriles is 1. The van der Waals surface area contributed by atoms with Crippen LogP contribution in [-0.4, -0.2) is 29.9 Å². The normalized spacial score (nSPS) is 10.8. The Hall–Kier alpha value is -2.71. The molecule has 24 heavy (non-hydrogen) atoms. The Labute approximate surface area is 148 Å². The van der Waals surface area contributed by atoms with Crippen molar-refractivity contribution in [2.75, 3.05) is 18.5 Å². The van der Waals surface area contributed by atoms with Crippen LogP contribution in [0, 0.1) is 18.3 Å². The van der Waals surface area contributed by atoms with Crippen molar-refractivity contribution in [1.29, 1.82) is 5.26 Å². The van der Waals surface area contributed by atoms with Crippen molar-refractivity contribution in [1.82, 2.24) is 5.01 Å². The van der Waals surface area contributed by atoms with Gasteiger partial charge in [0.15, 0.2) is 5.84 Å². The van der Waals surface area contributed by atoms with Gasteiger partial charge in [-0.3, -0.25) is 9.91 Å². The molecular formula is C19H20N4S. The molecule has 0 atom stereocenters. The standard InChI is InChI=1S/C19H20N4S/c1-16-9-11-18(12-10-16)23(15-24)19(17-7-4-3-5-8-17)21-22(2)14-6-13-20/h3-5,7-12,15H,6,14H2,1-2H3/b21-19-. The first kappa shape index (κ1) is 17.6. The molecule has 0 aromatic heterocycles. The third kappa shape index (κ3) is 4.64. The van der Waals surface area contributed by atoms with Crippen LogP contribution < -0.4 is 4.90 Å². The smallest absolute Gasteiger partial charge is 0.165 e. The molecule has 0 radical (unpaired) electrons. The third-order valence-corrected chi connectivity index (χ3v) is 3.70. The first-order valence-corrected chi connectivity index (χ1v) is 8.16. The summed E-state index contributed by atoms with van der Waals surface area (Å²) >= 11 is 5.25. The lowest BCUT2D eigenvalue weighted by atomic mass is 10.1. The number of amidine groups is 1. The second-order valence-corrected chi connectivity index (χ2v) is 5.60. The molecule has 0 spiro atoms. The lowest BCUT2D eigenvalue weighted by Gasteiger charge is -2.24. The molecule has 0 bridgehead atoms. The molecule has 0 amide bonds. The van der Waals surface area contributed by atoms with Gasteiger partial charge in [0.2, 0.25) is 0 Å². The molecule has 0 saturated heterocycles. The van der Waals surface area contributed by atoms with Crippen LogP contribution in [0.3, 0.4) is 0 Å². The van der Waals surface area contributed by atoms with E-state index in [0.29, 0.717) is 13.0 Å². The molecule has 0 N–H and O–H groups in total. The monoisotopic (exact) mass is 336 g/mol. The zero-order valence-corrected chi connectivity index (χ0v) is 14.7. The zero-order chi connectivity index (χ0) is 17.4. The zero-order valence-electron chi connectivity index (χ0n) is 13.9. The Morgan fingerprint density at radius 2 is 1.83 bits per heavy atom. The second kappa shape index (κ2) is 8.80. The fourth-order valence-electron chi connectivity index (χ4n) is 2.19. The van der Waals surface area contributed by atoms with Crippen LogP contribution in [0.4, 0.5) is 5.69 Å². The highest BCUT2D eigenvalue weighted by Crippen LogP contribution is 2.18. The van der Waals surface area contributed by atoms with Crippen LogP contribution in [0.5, 0.6) is 0 Å². The second-order valence-electron chi connectivity index (χ2n) is 5.39. The Bertz CT molecular complexity index is 732. The number of nitrogens with zero attached hydrogens (tertiary/aromatic N) is 4. The Balaban J connectivity index is 2.43. The third-order valence-electron chi connectivity index (χ3n) is 3.49. The van der Waals surface area contributed by atoms with E-state index in [4.69, 9.17) is 17.5 Å². The van der Waals surface area contributed by atoms with Gasteiger partial charge in [0.25, 0.3) is 0 Å². The van der Waals surface area contributed by atoms with Crippen LogP contribution in [0.25, 0.3) is 0 Å². The summed E-state index contributed by atoms with van der Waals surface area (Å²) in [5.74, 6) is 0.731. The van der Waals surface area contributed by atoms with Gasteiger partial charge in [0.1, 0.15) is 0 Å². The van der Waals surface area contributed by atoms with E-state index >= 15 is 0 Å². The summed E-state index contributed by atoms with van der Waals surface area (Å²) in [5.41, 5.74) is 4.69. The molecule has 0 saturated carbocycles. The predicted octanol–water partition coefficient (Wildman–Crippen LogP) is 3.97. The van der Waals surface area contributed by atoms with E-state index in [2.05, 4.69) is 11.2 Å². The molecule has 0 aliphatic carbocycles. The van der Waals surface area contributed by atoms with Gasteiger partial charge in [-0.2, -0.15) is 10.4 Å². The van der Waals surface area contributed by atoms with Crippen LogP contribution in [0.2, 0.25) is 0 Å². The highest BCUT2D eigenvalue weighted by Gasteiger charge is 2.15. The molecule has 2 aromatic carbocycles. The first-order chi connectivity index (χ1) is 11.7. The van der Waals surface area contributed by atoms with E-state index in [9.17, 15) is 0 Å². The minimum atomic E-state index is 0.421. The van der Waals surface area contributed by atoms with Crippen molar-refractivity contribution in [3.05, 3.63) is 65.7 Å². The van der Waals surface area contributed by atoms with Crippen LogP contribution in [0.1, 0.15) is 17.5 Å². The number of hydrazone groups is 1. The first-order valence-electron chi connectivity index (χ1n) is 7.69. The van der Waals surface area contributed by atoms with E-state index in [-0.39, 0.29) is 0 Å². The lowest BCUT2D eigenvalue weighted by molar-refractivity contribution is 0.363. The summed E-state index contributed by atoms with van der Waals surface area (Å²) in [6.45, 7) is 2.61. The summed E-state index contributed by atoms with van der Waals surface area (Å²) < 4.78 is 0. The quantitative estimate of drug-likeness (QED) is 0.346.